The average molecular weight is 417 g/mol. The van der Waals surface area contributed by atoms with Crippen molar-refractivity contribution in [3.8, 4) is 5.75 Å². The number of aryl methyl sites for hydroxylation is 3. The lowest BCUT2D eigenvalue weighted by Gasteiger charge is -2.18. The molecule has 0 aromatic heterocycles. The maximum Gasteiger partial charge on any atom is 0.265 e. The molecule has 0 saturated heterocycles. The van der Waals surface area contributed by atoms with Crippen LogP contribution in [0, 0.1) is 13.8 Å². The van der Waals surface area contributed by atoms with E-state index < -0.39 is 6.10 Å². The summed E-state index contributed by atoms with van der Waals surface area (Å²) in [7, 11) is 0. The normalized spacial score (nSPS) is 11.5. The zero-order chi connectivity index (χ0) is 22.4. The predicted octanol–water partition coefficient (Wildman–Crippen LogP) is 5.52. The fourth-order valence-electron chi connectivity index (χ4n) is 3.28. The maximum absolute atomic E-state index is 12.6. The summed E-state index contributed by atoms with van der Waals surface area (Å²) in [5.74, 6) is 0.110. The van der Waals surface area contributed by atoms with Crippen LogP contribution in [-0.2, 0) is 11.2 Å². The van der Waals surface area contributed by atoms with Crippen molar-refractivity contribution >= 4 is 23.2 Å². The van der Waals surface area contributed by atoms with E-state index in [4.69, 9.17) is 4.74 Å². The molecule has 5 nitrogen and oxygen atoms in total. The van der Waals surface area contributed by atoms with Gasteiger partial charge in [-0.05, 0) is 74.2 Å². The molecule has 3 aromatic carbocycles. The van der Waals surface area contributed by atoms with E-state index in [1.54, 1.807) is 31.2 Å². The van der Waals surface area contributed by atoms with Gasteiger partial charge in [0.1, 0.15) is 5.75 Å². The Morgan fingerprint density at radius 1 is 0.871 bits per heavy atom. The summed E-state index contributed by atoms with van der Waals surface area (Å²) in [5, 5.41) is 5.89. The Balaban J connectivity index is 1.62. The van der Waals surface area contributed by atoms with Gasteiger partial charge in [0.2, 0.25) is 0 Å². The Kier molecular flexibility index (Phi) is 7.08. The third-order valence-electron chi connectivity index (χ3n) is 5.18. The minimum absolute atomic E-state index is 0.196. The fraction of sp³-hybridized carbons (Fsp3) is 0.231. The Bertz CT molecular complexity index is 1070. The van der Waals surface area contributed by atoms with Crippen LogP contribution in [0.1, 0.15) is 40.9 Å². The highest BCUT2D eigenvalue weighted by Crippen LogP contribution is 2.22. The second-order valence-corrected chi connectivity index (χ2v) is 7.51. The highest BCUT2D eigenvalue weighted by Gasteiger charge is 2.17. The van der Waals surface area contributed by atoms with Gasteiger partial charge >= 0.3 is 0 Å². The van der Waals surface area contributed by atoms with Gasteiger partial charge < -0.3 is 15.4 Å². The third-order valence-corrected chi connectivity index (χ3v) is 5.18. The minimum Gasteiger partial charge on any atom is -0.481 e. The molecule has 0 spiro atoms. The van der Waals surface area contributed by atoms with Gasteiger partial charge in [0.15, 0.2) is 6.10 Å². The van der Waals surface area contributed by atoms with Crippen molar-refractivity contribution in [1.29, 1.82) is 0 Å². The van der Waals surface area contributed by atoms with Crippen molar-refractivity contribution in [3.63, 3.8) is 0 Å². The van der Waals surface area contributed by atoms with Crippen molar-refractivity contribution in [2.45, 2.75) is 40.2 Å². The highest BCUT2D eigenvalue weighted by molar-refractivity contribution is 6.04. The zero-order valence-corrected chi connectivity index (χ0v) is 18.4. The van der Waals surface area contributed by atoms with Crippen molar-refractivity contribution in [3.05, 3.63) is 89.0 Å². The van der Waals surface area contributed by atoms with Crippen molar-refractivity contribution in [1.82, 2.24) is 0 Å². The van der Waals surface area contributed by atoms with E-state index in [0.717, 1.165) is 34.5 Å². The van der Waals surface area contributed by atoms with Crippen LogP contribution in [0.3, 0.4) is 0 Å². The lowest BCUT2D eigenvalue weighted by molar-refractivity contribution is -0.122. The molecule has 0 heterocycles. The van der Waals surface area contributed by atoms with E-state index in [9.17, 15) is 9.59 Å². The largest absolute Gasteiger partial charge is 0.481 e. The minimum atomic E-state index is -0.684. The number of carbonyl (C=O) groups is 2. The van der Waals surface area contributed by atoms with E-state index >= 15 is 0 Å². The number of nitrogens with one attached hydrogen (secondary N) is 2. The topological polar surface area (TPSA) is 67.4 Å². The highest BCUT2D eigenvalue weighted by atomic mass is 16.5. The van der Waals surface area contributed by atoms with E-state index in [1.165, 1.54) is 0 Å². The monoisotopic (exact) mass is 416 g/mol. The van der Waals surface area contributed by atoms with Crippen LogP contribution in [0.25, 0.3) is 0 Å². The van der Waals surface area contributed by atoms with Crippen LogP contribution in [0.15, 0.2) is 66.7 Å². The van der Waals surface area contributed by atoms with Gasteiger partial charge in [0, 0.05) is 16.9 Å². The number of rotatable bonds is 7. The van der Waals surface area contributed by atoms with E-state index in [-0.39, 0.29) is 11.8 Å². The molecular formula is C26H28N2O3. The van der Waals surface area contributed by atoms with Crippen LogP contribution in [0.4, 0.5) is 11.4 Å². The standard InChI is InChI=1S/C26H28N2O3/c1-5-20-11-8-10-18(3)24(20)28-25(29)19(4)31-22-15-13-21(14-16-22)26(30)27-23-12-7-6-9-17(23)2/h6-16,19H,5H2,1-4H3,(H,27,30)(H,28,29)/t19-/m1/s1. The van der Waals surface area contributed by atoms with Crippen LogP contribution >= 0.6 is 0 Å². The molecule has 5 heteroatoms. The number of amides is 2. The van der Waals surface area contributed by atoms with Crippen LogP contribution in [0.2, 0.25) is 0 Å². The number of carbonyl (C=O) groups excluding carboxylic acids is 2. The molecule has 0 fully saturated rings. The molecule has 0 bridgehead atoms. The number of ether oxygens (including phenoxy) is 1. The first kappa shape index (κ1) is 22.1. The molecule has 1 atom stereocenters. The van der Waals surface area contributed by atoms with Gasteiger partial charge in [0.25, 0.3) is 11.8 Å². The lowest BCUT2D eigenvalue weighted by Crippen LogP contribution is -2.30. The van der Waals surface area contributed by atoms with Gasteiger partial charge in [-0.25, -0.2) is 0 Å². The molecule has 2 amide bonds. The first-order valence-corrected chi connectivity index (χ1v) is 10.4. The molecule has 0 aliphatic heterocycles. The SMILES string of the molecule is CCc1cccc(C)c1NC(=O)[C@@H](C)Oc1ccc(C(=O)Nc2ccccc2C)cc1. The summed E-state index contributed by atoms with van der Waals surface area (Å²) in [6, 6.07) is 20.3. The number of hydrogen-bond donors (Lipinski definition) is 2. The molecule has 0 radical (unpaired) electrons. The molecule has 160 valence electrons. The molecule has 0 aliphatic carbocycles. The Morgan fingerprint density at radius 3 is 2.23 bits per heavy atom. The average Bonchev–Trinajstić information content (AvgIpc) is 2.77. The smallest absolute Gasteiger partial charge is 0.265 e. The lowest BCUT2D eigenvalue weighted by atomic mass is 10.1. The third kappa shape index (κ3) is 5.51. The van der Waals surface area contributed by atoms with Crippen LogP contribution in [0.5, 0.6) is 5.75 Å². The molecule has 3 aromatic rings. The summed E-state index contributed by atoms with van der Waals surface area (Å²) in [6.07, 6.45) is 0.148. The summed E-state index contributed by atoms with van der Waals surface area (Å²) in [6.45, 7) is 7.68. The fourth-order valence-corrected chi connectivity index (χ4v) is 3.28. The zero-order valence-electron chi connectivity index (χ0n) is 18.4. The molecule has 0 aliphatic rings. The maximum atomic E-state index is 12.6. The number of anilines is 2. The summed E-state index contributed by atoms with van der Waals surface area (Å²) < 4.78 is 5.79. The van der Waals surface area contributed by atoms with E-state index in [2.05, 4.69) is 17.6 Å². The van der Waals surface area contributed by atoms with Gasteiger partial charge in [-0.2, -0.15) is 0 Å². The van der Waals surface area contributed by atoms with E-state index in [0.29, 0.717) is 11.3 Å². The van der Waals surface area contributed by atoms with Crippen molar-refractivity contribution < 1.29 is 14.3 Å². The van der Waals surface area contributed by atoms with Crippen molar-refractivity contribution in [2.24, 2.45) is 0 Å². The molecular weight excluding hydrogens is 388 g/mol. The quantitative estimate of drug-likeness (QED) is 0.533. The van der Waals surface area contributed by atoms with Crippen LogP contribution < -0.4 is 15.4 Å². The molecule has 31 heavy (non-hydrogen) atoms. The van der Waals surface area contributed by atoms with Gasteiger partial charge in [-0.15, -0.1) is 0 Å². The second-order valence-electron chi connectivity index (χ2n) is 7.51. The summed E-state index contributed by atoms with van der Waals surface area (Å²) in [4.78, 5) is 25.1. The van der Waals surface area contributed by atoms with Crippen molar-refractivity contribution in [2.75, 3.05) is 10.6 Å². The first-order chi connectivity index (χ1) is 14.9. The second kappa shape index (κ2) is 9.94. The molecule has 0 unspecified atom stereocenters. The Morgan fingerprint density at radius 2 is 1.55 bits per heavy atom. The van der Waals surface area contributed by atoms with Crippen LogP contribution in [-0.4, -0.2) is 17.9 Å². The summed E-state index contributed by atoms with van der Waals surface area (Å²) >= 11 is 0. The number of hydrogen-bond acceptors (Lipinski definition) is 3. The number of para-hydroxylation sites is 2. The first-order valence-electron chi connectivity index (χ1n) is 10.4. The predicted molar refractivity (Wildman–Crippen MR) is 125 cm³/mol. The van der Waals surface area contributed by atoms with Gasteiger partial charge in [-0.3, -0.25) is 9.59 Å². The molecule has 2 N–H and O–H groups in total. The number of benzene rings is 3. The summed E-state index contributed by atoms with van der Waals surface area (Å²) in [5.41, 5.74) is 5.23. The molecule has 3 rings (SSSR count). The Hall–Kier alpha value is -3.60. The van der Waals surface area contributed by atoms with Gasteiger partial charge in [0.05, 0.1) is 0 Å². The molecule has 0 saturated carbocycles. The van der Waals surface area contributed by atoms with Gasteiger partial charge in [-0.1, -0.05) is 43.3 Å². The Labute approximate surface area is 183 Å². The van der Waals surface area contributed by atoms with E-state index in [1.807, 2.05) is 56.3 Å².